The molecule has 2 N–H and O–H groups in total. The van der Waals surface area contributed by atoms with Gasteiger partial charge in [-0.25, -0.2) is 4.79 Å². The van der Waals surface area contributed by atoms with Crippen LogP contribution in [0.3, 0.4) is 0 Å². The highest BCUT2D eigenvalue weighted by molar-refractivity contribution is 5.99. The lowest BCUT2D eigenvalue weighted by atomic mass is 9.98. The third-order valence-electron chi connectivity index (χ3n) is 4.80. The molecule has 2 aromatic carbocycles. The van der Waals surface area contributed by atoms with Gasteiger partial charge < -0.3 is 20.3 Å². The van der Waals surface area contributed by atoms with Gasteiger partial charge in [0.15, 0.2) is 0 Å². The van der Waals surface area contributed by atoms with Crippen molar-refractivity contribution in [1.82, 2.24) is 10.2 Å². The molecule has 0 aliphatic rings. The van der Waals surface area contributed by atoms with E-state index >= 15 is 0 Å². The number of aryl methyl sites for hydroxylation is 1. The molecule has 2 rings (SSSR count). The molecule has 0 aliphatic heterocycles. The number of para-hydroxylation sites is 1. The number of amides is 3. The van der Waals surface area contributed by atoms with Crippen LogP contribution in [0.2, 0.25) is 0 Å². The van der Waals surface area contributed by atoms with Crippen LogP contribution in [0.15, 0.2) is 61.2 Å². The number of anilines is 1. The van der Waals surface area contributed by atoms with Crippen molar-refractivity contribution in [1.29, 1.82) is 0 Å². The van der Waals surface area contributed by atoms with Gasteiger partial charge in [0.25, 0.3) is 5.91 Å². The van der Waals surface area contributed by atoms with Crippen LogP contribution in [0.25, 0.3) is 0 Å². The maximum absolute atomic E-state index is 13.6. The van der Waals surface area contributed by atoms with Gasteiger partial charge in [-0.2, -0.15) is 0 Å². The van der Waals surface area contributed by atoms with Crippen molar-refractivity contribution < 1.29 is 19.1 Å². The summed E-state index contributed by atoms with van der Waals surface area (Å²) >= 11 is 0. The molecule has 1 unspecified atom stereocenters. The van der Waals surface area contributed by atoms with E-state index in [0.717, 1.165) is 5.56 Å². The van der Waals surface area contributed by atoms with Crippen molar-refractivity contribution >= 4 is 23.6 Å². The zero-order chi connectivity index (χ0) is 25.3. The van der Waals surface area contributed by atoms with Crippen LogP contribution < -0.4 is 10.6 Å². The van der Waals surface area contributed by atoms with Crippen LogP contribution in [-0.4, -0.2) is 41.5 Å². The van der Waals surface area contributed by atoms with Crippen LogP contribution >= 0.6 is 0 Å². The molecular weight excluding hydrogens is 430 g/mol. The van der Waals surface area contributed by atoms with E-state index in [0.29, 0.717) is 16.8 Å². The lowest BCUT2D eigenvalue weighted by Gasteiger charge is -2.31. The van der Waals surface area contributed by atoms with Gasteiger partial charge in [0.05, 0.1) is 0 Å². The Balaban J connectivity index is 2.41. The van der Waals surface area contributed by atoms with Crippen LogP contribution in [-0.2, 0) is 14.3 Å². The summed E-state index contributed by atoms with van der Waals surface area (Å²) < 4.78 is 5.20. The average molecular weight is 462 g/mol. The Kier molecular flexibility index (Phi) is 9.02. The Labute approximate surface area is 201 Å². The summed E-state index contributed by atoms with van der Waals surface area (Å²) in [6, 6.07) is 13.2. The summed E-state index contributed by atoms with van der Waals surface area (Å²) in [6.07, 6.45) is 6.47. The van der Waals surface area contributed by atoms with Gasteiger partial charge in [-0.3, -0.25) is 9.59 Å². The molecule has 1 atom stereocenters. The van der Waals surface area contributed by atoms with E-state index in [4.69, 9.17) is 11.2 Å². The number of hydrogen-bond acceptors (Lipinski definition) is 4. The minimum Gasteiger partial charge on any atom is -0.444 e. The lowest BCUT2D eigenvalue weighted by Crippen LogP contribution is -2.46. The zero-order valence-electron chi connectivity index (χ0n) is 20.1. The van der Waals surface area contributed by atoms with Gasteiger partial charge in [-0.05, 0) is 51.0 Å². The number of terminal acetylenes is 1. The first-order valence-corrected chi connectivity index (χ1v) is 10.9. The van der Waals surface area contributed by atoms with Crippen LogP contribution in [0.1, 0.15) is 43.5 Å². The van der Waals surface area contributed by atoms with Gasteiger partial charge in [0.2, 0.25) is 5.91 Å². The fourth-order valence-electron chi connectivity index (χ4n) is 3.29. The quantitative estimate of drug-likeness (QED) is 0.456. The second-order valence-electron chi connectivity index (χ2n) is 8.63. The smallest absolute Gasteiger partial charge is 0.408 e. The number of rotatable bonds is 8. The SMILES string of the molecule is C#Cc1ccccc1C(C(=O)Nc1ccccc1C)N(CC=C)C(=O)CNC(=O)OC(C)(C)C. The highest BCUT2D eigenvalue weighted by Crippen LogP contribution is 2.27. The molecule has 3 amide bonds. The molecule has 0 saturated heterocycles. The molecule has 0 radical (unpaired) electrons. The molecule has 0 spiro atoms. The van der Waals surface area contributed by atoms with E-state index < -0.39 is 29.6 Å². The second-order valence-corrected chi connectivity index (χ2v) is 8.63. The van der Waals surface area contributed by atoms with Crippen LogP contribution in [0.5, 0.6) is 0 Å². The second kappa shape index (κ2) is 11.7. The number of alkyl carbamates (subject to hydrolysis) is 1. The maximum Gasteiger partial charge on any atom is 0.408 e. The summed E-state index contributed by atoms with van der Waals surface area (Å²) in [6.45, 7) is 10.5. The average Bonchev–Trinajstić information content (AvgIpc) is 2.78. The molecule has 0 heterocycles. The molecule has 34 heavy (non-hydrogen) atoms. The minimum absolute atomic E-state index is 0.0552. The number of hydrogen-bond donors (Lipinski definition) is 2. The molecule has 7 nitrogen and oxygen atoms in total. The number of carbonyl (C=O) groups is 3. The van der Waals surface area contributed by atoms with E-state index in [-0.39, 0.29) is 13.1 Å². The Morgan fingerprint density at radius 2 is 1.79 bits per heavy atom. The van der Waals surface area contributed by atoms with Gasteiger partial charge in [0.1, 0.15) is 18.2 Å². The zero-order valence-corrected chi connectivity index (χ0v) is 20.1. The molecule has 2 aromatic rings. The van der Waals surface area contributed by atoms with E-state index in [1.165, 1.54) is 11.0 Å². The first kappa shape index (κ1) is 26.2. The fraction of sp³-hybridized carbons (Fsp3) is 0.296. The fourth-order valence-corrected chi connectivity index (χ4v) is 3.29. The van der Waals surface area contributed by atoms with Gasteiger partial charge in [-0.15, -0.1) is 13.0 Å². The van der Waals surface area contributed by atoms with Crippen molar-refractivity contribution in [2.75, 3.05) is 18.4 Å². The summed E-state index contributed by atoms with van der Waals surface area (Å²) in [5, 5.41) is 5.35. The molecule has 0 aliphatic carbocycles. The predicted octanol–water partition coefficient (Wildman–Crippen LogP) is 4.20. The Bertz CT molecular complexity index is 1100. The van der Waals surface area contributed by atoms with Gasteiger partial charge >= 0.3 is 6.09 Å². The summed E-state index contributed by atoms with van der Waals surface area (Å²) in [4.78, 5) is 40.2. The molecule has 0 fully saturated rings. The van der Waals surface area contributed by atoms with Crippen molar-refractivity contribution in [3.8, 4) is 12.3 Å². The van der Waals surface area contributed by atoms with Gasteiger partial charge in [-0.1, -0.05) is 48.4 Å². The Hall–Kier alpha value is -4.05. The van der Waals surface area contributed by atoms with Crippen molar-refractivity contribution in [2.24, 2.45) is 0 Å². The third-order valence-corrected chi connectivity index (χ3v) is 4.80. The molecular formula is C27H31N3O4. The molecule has 0 aromatic heterocycles. The topological polar surface area (TPSA) is 87.7 Å². The summed E-state index contributed by atoms with van der Waals surface area (Å²) in [5.74, 6) is 1.65. The van der Waals surface area contributed by atoms with Crippen molar-refractivity contribution in [3.05, 3.63) is 77.9 Å². The van der Waals surface area contributed by atoms with E-state index in [2.05, 4.69) is 23.1 Å². The van der Waals surface area contributed by atoms with E-state index in [9.17, 15) is 14.4 Å². The first-order valence-electron chi connectivity index (χ1n) is 10.9. The van der Waals surface area contributed by atoms with Crippen LogP contribution in [0.4, 0.5) is 10.5 Å². The Morgan fingerprint density at radius 3 is 2.41 bits per heavy atom. The molecule has 0 bridgehead atoms. The normalized spacial score (nSPS) is 11.5. The number of benzene rings is 2. The van der Waals surface area contributed by atoms with E-state index in [1.807, 2.05) is 25.1 Å². The van der Waals surface area contributed by atoms with Crippen LogP contribution in [0, 0.1) is 19.3 Å². The Morgan fingerprint density at radius 1 is 1.15 bits per heavy atom. The molecule has 0 saturated carbocycles. The molecule has 7 heteroatoms. The largest absolute Gasteiger partial charge is 0.444 e. The standard InChI is InChI=1S/C27H31N3O4/c1-7-17-30(23(31)18-28-26(33)34-27(4,5)6)24(21-15-11-10-14-20(21)8-2)25(32)29-22-16-12-9-13-19(22)3/h2,7,9-16,24H,1,17-18H2,3-6H3,(H,28,33)(H,29,32). The highest BCUT2D eigenvalue weighted by Gasteiger charge is 2.32. The number of nitrogens with zero attached hydrogens (tertiary/aromatic N) is 1. The number of nitrogens with one attached hydrogen (secondary N) is 2. The number of carbonyl (C=O) groups excluding carboxylic acids is 3. The minimum atomic E-state index is -1.06. The van der Waals surface area contributed by atoms with Crippen molar-refractivity contribution in [3.63, 3.8) is 0 Å². The maximum atomic E-state index is 13.6. The summed E-state index contributed by atoms with van der Waals surface area (Å²) in [5.41, 5.74) is 1.75. The first-order chi connectivity index (χ1) is 16.1. The number of ether oxygens (including phenoxy) is 1. The summed E-state index contributed by atoms with van der Waals surface area (Å²) in [7, 11) is 0. The third kappa shape index (κ3) is 7.24. The lowest BCUT2D eigenvalue weighted by molar-refractivity contribution is -0.137. The highest BCUT2D eigenvalue weighted by atomic mass is 16.6. The monoisotopic (exact) mass is 461 g/mol. The predicted molar refractivity (Wildman–Crippen MR) is 133 cm³/mol. The van der Waals surface area contributed by atoms with Gasteiger partial charge in [0, 0.05) is 17.8 Å². The molecule has 178 valence electrons. The van der Waals surface area contributed by atoms with Crippen molar-refractivity contribution in [2.45, 2.75) is 39.3 Å². The van der Waals surface area contributed by atoms with E-state index in [1.54, 1.807) is 51.1 Å².